The SMILES string of the molecule is C.COc1nc(-c2cnn([C@H](CC#N)C3CCCC3)c2)c2c(OC(C)=O)c[nH]c2n1.N#CC[C@H](C1CCCC1)n1cc(-c2[nH]c(=O)nc3c2C(=O)CN3)cn1.NC(=O)C[C@H](C1CCCC1)n1cc(-c2[nH]c(=O)nc3c2C(=O)CN3)cn1.S=S=S=S=S.S=S=S=S=S=S. The molecule has 5 aliphatic rings. The van der Waals surface area contributed by atoms with Crippen molar-refractivity contribution in [1.29, 1.82) is 10.5 Å². The molecule has 3 atom stereocenters. The molecule has 92 heavy (non-hydrogen) atoms. The maximum Gasteiger partial charge on any atom is 0.347 e. The highest BCUT2D eigenvalue weighted by molar-refractivity contribution is 8.64. The number of nitriles is 2. The smallest absolute Gasteiger partial charge is 0.347 e. The van der Waals surface area contributed by atoms with Gasteiger partial charge in [-0.2, -0.15) is 45.8 Å². The molecule has 2 aliphatic heterocycles. The van der Waals surface area contributed by atoms with E-state index in [1.165, 1.54) is 102 Å². The number of nitrogens with zero attached hydrogens (tertiary/aromatic N) is 12. The second-order valence-electron chi connectivity index (χ2n) is 21.2. The van der Waals surface area contributed by atoms with E-state index in [0.717, 1.165) is 56.9 Å². The van der Waals surface area contributed by atoms with Gasteiger partial charge in [-0.3, -0.25) is 33.2 Å². The predicted molar refractivity (Wildman–Crippen MR) is 376 cm³/mol. The van der Waals surface area contributed by atoms with Crippen LogP contribution < -0.4 is 37.2 Å². The lowest BCUT2D eigenvalue weighted by Gasteiger charge is -2.22. The Morgan fingerprint density at radius 2 is 1.08 bits per heavy atom. The number of primary amides is 1. The molecule has 12 rings (SSSR count). The summed E-state index contributed by atoms with van der Waals surface area (Å²) in [5, 5.41) is 38.1. The molecule has 488 valence electrons. The average Bonchev–Trinajstić information content (AvgIpc) is 1.64. The summed E-state index contributed by atoms with van der Waals surface area (Å²) >= 11 is 17.9. The van der Waals surface area contributed by atoms with Crippen molar-refractivity contribution in [3.05, 3.63) is 75.5 Å². The Bertz CT molecular complexity index is 4330. The van der Waals surface area contributed by atoms with Crippen molar-refractivity contribution in [3.63, 3.8) is 0 Å². The number of hydrogen-bond acceptors (Lipinski definition) is 23. The number of hydrogen-bond donors (Lipinski definition) is 6. The fraction of sp³-hybridized carbons (Fsp3) is 0.473. The van der Waals surface area contributed by atoms with Crippen LogP contribution in [0.5, 0.6) is 11.8 Å². The Morgan fingerprint density at radius 1 is 0.652 bits per heavy atom. The van der Waals surface area contributed by atoms with Crippen LogP contribution in [0.2, 0.25) is 0 Å². The number of ether oxygens (including phenoxy) is 2. The van der Waals surface area contributed by atoms with Gasteiger partial charge in [0, 0.05) is 162 Å². The van der Waals surface area contributed by atoms with Crippen LogP contribution in [-0.2, 0) is 117 Å². The number of aromatic nitrogens is 13. The molecule has 0 aromatic carbocycles. The molecule has 7 aromatic rings. The van der Waals surface area contributed by atoms with Crippen molar-refractivity contribution in [2.24, 2.45) is 23.5 Å². The molecule has 9 heterocycles. The molecule has 0 radical (unpaired) electrons. The second-order valence-corrected chi connectivity index (χ2v) is 33.6. The summed E-state index contributed by atoms with van der Waals surface area (Å²) in [7, 11) is 11.1. The van der Waals surface area contributed by atoms with Gasteiger partial charge < -0.3 is 40.8 Å². The first-order valence-electron chi connectivity index (χ1n) is 28.4. The van der Waals surface area contributed by atoms with Gasteiger partial charge in [0.05, 0.1) is 115 Å². The molecule has 3 saturated carbocycles. The van der Waals surface area contributed by atoms with Gasteiger partial charge in [-0.25, -0.2) is 9.59 Å². The molecule has 7 aromatic heterocycles. The van der Waals surface area contributed by atoms with Crippen LogP contribution in [0.3, 0.4) is 0 Å². The molecular formula is C55H64N18O8S11. The fourth-order valence-corrected chi connectivity index (χ4v) is 20.3. The second kappa shape index (κ2) is 35.9. The van der Waals surface area contributed by atoms with Gasteiger partial charge in [-0.15, -0.1) is 0 Å². The monoisotopic (exact) mass is 1460 g/mol. The minimum atomic E-state index is -0.529. The number of aromatic amines is 3. The van der Waals surface area contributed by atoms with E-state index < -0.39 is 17.3 Å². The van der Waals surface area contributed by atoms with E-state index in [0.29, 0.717) is 98.3 Å². The number of esters is 1. The Labute approximate surface area is 567 Å². The Hall–Kier alpha value is -6.91. The predicted octanol–water partition coefficient (Wildman–Crippen LogP) is 6.74. The molecule has 37 heteroatoms. The summed E-state index contributed by atoms with van der Waals surface area (Å²) in [6.07, 6.45) is 26.6. The number of carbonyl (C=O) groups is 4. The summed E-state index contributed by atoms with van der Waals surface area (Å²) < 4.78 is 16.0. The Kier molecular flexibility index (Phi) is 28.3. The van der Waals surface area contributed by atoms with Gasteiger partial charge in [0.1, 0.15) is 17.3 Å². The van der Waals surface area contributed by atoms with Gasteiger partial charge in [0.15, 0.2) is 17.3 Å². The van der Waals surface area contributed by atoms with Gasteiger partial charge in [-0.05, 0) is 56.3 Å². The van der Waals surface area contributed by atoms with E-state index in [1.54, 1.807) is 35.7 Å². The normalized spacial score (nSPS) is 15.5. The average molecular weight is 1460 g/mol. The highest BCUT2D eigenvalue weighted by Crippen LogP contribution is 2.41. The molecule has 1 amide bonds. The topological polar surface area (TPSA) is 371 Å². The van der Waals surface area contributed by atoms with Crippen LogP contribution in [0.4, 0.5) is 11.6 Å². The fourth-order valence-electron chi connectivity index (χ4n) is 12.0. The minimum Gasteiger partial charge on any atom is -0.467 e. The van der Waals surface area contributed by atoms with Crippen molar-refractivity contribution in [3.8, 4) is 57.7 Å². The van der Waals surface area contributed by atoms with Crippen LogP contribution in [0.1, 0.15) is 150 Å². The van der Waals surface area contributed by atoms with E-state index in [-0.39, 0.29) is 68.5 Å². The van der Waals surface area contributed by atoms with Crippen LogP contribution in [0, 0.1) is 40.4 Å². The number of carbonyl (C=O) groups excluding carboxylic acids is 4. The van der Waals surface area contributed by atoms with Gasteiger partial charge in [0.25, 0.3) is 0 Å². The zero-order chi connectivity index (χ0) is 65.0. The van der Waals surface area contributed by atoms with Crippen molar-refractivity contribution in [1.82, 2.24) is 64.2 Å². The number of fused-ring (bicyclic) bond motifs is 3. The third-order valence-corrected chi connectivity index (χ3v) is 26.9. The van der Waals surface area contributed by atoms with Crippen LogP contribution in [0.25, 0.3) is 44.8 Å². The molecule has 0 spiro atoms. The summed E-state index contributed by atoms with van der Waals surface area (Å²) in [6, 6.07) is 4.70. The molecule has 0 unspecified atom stereocenters. The summed E-state index contributed by atoms with van der Waals surface area (Å²) in [4.78, 5) is 95.6. The summed E-state index contributed by atoms with van der Waals surface area (Å²) in [5.41, 5.74) is 9.10. The number of ketones is 2. The standard InChI is InChI=1S/C20H22N6O3.C17H20N6O3.C17H18N6O2.CH4.S6.S5/c1-12(27)29-16-10-22-19-17(16)18(24-20(25-19)28-2)14-9-23-26(11-14)15(7-8-21)13-5-3-4-6-13;18-13(25)5-11(9-3-1-2-4-9)23-8-10(6-20-23)15-14-12(24)7-19-16(14)22-17(26)21-15;18-6-5-12(10-3-1-2-4-10)23-9-11(7-20-23)15-14-13(24)8-19-16(14)22-17(25)21-15;;1-3-5-6-4-2;1-3-5-4-2/h9-11,13,15H,3-7H2,1-2H3,(H,22,24,25);6,8-9,11H,1-5,7H2,(H2,18,25)(H2,19,21,22,26);7,9-10,12H,1-5,8H2,(H2,19,21,22,25);1H4;;/t15-;11-;12-;;;/m111.../s1. The highest BCUT2D eigenvalue weighted by atomic mass is 33.3. The maximum absolute atomic E-state index is 12.2. The van der Waals surface area contributed by atoms with Crippen LogP contribution in [0.15, 0.2) is 53.0 Å². The van der Waals surface area contributed by atoms with E-state index in [1.807, 2.05) is 21.8 Å². The summed E-state index contributed by atoms with van der Waals surface area (Å²) in [6.45, 7) is 1.60. The molecule has 3 fully saturated rings. The van der Waals surface area contributed by atoms with E-state index in [4.69, 9.17) is 15.2 Å². The van der Waals surface area contributed by atoms with Crippen molar-refractivity contribution >= 4 is 153 Å². The first kappa shape index (κ1) is 72.5. The lowest BCUT2D eigenvalue weighted by Crippen LogP contribution is -2.24. The molecular weight excluding hydrogens is 1390 g/mol. The number of anilines is 2. The van der Waals surface area contributed by atoms with Crippen molar-refractivity contribution in [2.75, 3.05) is 30.8 Å². The lowest BCUT2D eigenvalue weighted by atomic mass is 9.95. The number of Topliss-reactive ketones (excluding diaryl/α,β-unsaturated/α-hetero) is 2. The Morgan fingerprint density at radius 3 is 1.48 bits per heavy atom. The number of methoxy groups -OCH3 is 1. The maximum atomic E-state index is 12.2. The van der Waals surface area contributed by atoms with Crippen molar-refractivity contribution < 1.29 is 28.7 Å². The largest absolute Gasteiger partial charge is 0.467 e. The quantitative estimate of drug-likeness (QED) is 0.0578. The molecule has 0 saturated heterocycles. The number of amides is 1. The van der Waals surface area contributed by atoms with Gasteiger partial charge >= 0.3 is 23.4 Å². The van der Waals surface area contributed by atoms with Crippen LogP contribution >= 0.6 is 0 Å². The van der Waals surface area contributed by atoms with Gasteiger partial charge in [0.2, 0.25) is 5.91 Å². The third kappa shape index (κ3) is 18.7. The number of nitrogens with one attached hydrogen (secondary N) is 5. The number of nitrogens with two attached hydrogens (primary N) is 1. The first-order valence-corrected chi connectivity index (χ1v) is 40.4. The van der Waals surface area contributed by atoms with Crippen LogP contribution in [-0.4, -0.2) is 108 Å². The molecule has 0 bridgehead atoms. The zero-order valence-electron chi connectivity index (χ0n) is 48.7. The first-order chi connectivity index (χ1) is 44.1. The summed E-state index contributed by atoms with van der Waals surface area (Å²) in [5.74, 6) is 1.18. The molecule has 26 nitrogen and oxygen atoms in total. The highest BCUT2D eigenvalue weighted by Gasteiger charge is 2.33. The Balaban J connectivity index is 0.000000180. The number of H-pyrrole nitrogens is 3. The van der Waals surface area contributed by atoms with E-state index in [2.05, 4.69) is 118 Å². The zero-order valence-corrected chi connectivity index (χ0v) is 57.7. The number of rotatable bonds is 15. The molecule has 3 aliphatic carbocycles. The van der Waals surface area contributed by atoms with Crippen molar-refractivity contribution in [2.45, 2.75) is 129 Å². The van der Waals surface area contributed by atoms with E-state index >= 15 is 0 Å². The lowest BCUT2D eigenvalue weighted by molar-refractivity contribution is -0.131. The van der Waals surface area contributed by atoms with E-state index in [9.17, 15) is 39.3 Å². The minimum absolute atomic E-state index is 0. The molecule has 7 N–H and O–H groups in total. The van der Waals surface area contributed by atoms with Gasteiger partial charge in [-0.1, -0.05) is 46.0 Å². The third-order valence-electron chi connectivity index (χ3n) is 15.8.